The third-order valence-corrected chi connectivity index (χ3v) is 6.04. The predicted molar refractivity (Wildman–Crippen MR) is 116 cm³/mol. The third-order valence-electron chi connectivity index (χ3n) is 4.09. The van der Waals surface area contributed by atoms with Crippen molar-refractivity contribution in [2.24, 2.45) is 5.92 Å². The fourth-order valence-electron chi connectivity index (χ4n) is 2.87. The quantitative estimate of drug-likeness (QED) is 0.525. The number of nitrogens with one attached hydrogen (secondary N) is 2. The lowest BCUT2D eigenvalue weighted by atomic mass is 10.1. The van der Waals surface area contributed by atoms with Crippen LogP contribution in [-0.2, 0) is 10.0 Å². The van der Waals surface area contributed by atoms with Crippen LogP contribution < -0.4 is 15.8 Å². The smallest absolute Gasteiger partial charge is 0.257 e. The molecule has 0 aliphatic carbocycles. The molecule has 1 heterocycles. The van der Waals surface area contributed by atoms with E-state index in [0.29, 0.717) is 5.39 Å². The molecular weight excluding hydrogens is 433 g/mol. The van der Waals surface area contributed by atoms with E-state index in [0.717, 1.165) is 0 Å². The number of sulfonamides is 1. The summed E-state index contributed by atoms with van der Waals surface area (Å²) in [5.41, 5.74) is 5.55. The van der Waals surface area contributed by atoms with Gasteiger partial charge in [-0.25, -0.2) is 22.8 Å². The van der Waals surface area contributed by atoms with Crippen molar-refractivity contribution >= 4 is 55.6 Å². The zero-order valence-corrected chi connectivity index (χ0v) is 17.7. The van der Waals surface area contributed by atoms with Crippen LogP contribution in [0.4, 0.5) is 21.6 Å². The van der Waals surface area contributed by atoms with Gasteiger partial charge in [-0.1, -0.05) is 31.5 Å². The van der Waals surface area contributed by atoms with Crippen LogP contribution in [0.25, 0.3) is 10.9 Å². The zero-order valence-electron chi connectivity index (χ0n) is 16.1. The van der Waals surface area contributed by atoms with Crippen LogP contribution in [0.3, 0.4) is 0 Å². The van der Waals surface area contributed by atoms with E-state index in [-0.39, 0.29) is 45.0 Å². The molecule has 8 nitrogen and oxygen atoms in total. The SMILES string of the molecule is CC(C)CS(=O)(=O)Nc1ccc(Cl)c(NC(=O)c2cccc3c(N)ncnc23)c1F. The van der Waals surface area contributed by atoms with Gasteiger partial charge in [0.2, 0.25) is 10.0 Å². The number of carbonyl (C=O) groups is 1. The summed E-state index contributed by atoms with van der Waals surface area (Å²) < 4.78 is 41.5. The molecule has 3 rings (SSSR count). The van der Waals surface area contributed by atoms with E-state index < -0.39 is 21.7 Å². The molecule has 0 atom stereocenters. The highest BCUT2D eigenvalue weighted by Crippen LogP contribution is 2.32. The Morgan fingerprint density at radius 2 is 1.97 bits per heavy atom. The fourth-order valence-corrected chi connectivity index (χ4v) is 4.51. The predicted octanol–water partition coefficient (Wildman–Crippen LogP) is 3.65. The number of aromatic nitrogens is 2. The molecule has 0 saturated heterocycles. The summed E-state index contributed by atoms with van der Waals surface area (Å²) in [5, 5.41) is 2.76. The van der Waals surface area contributed by atoms with Gasteiger partial charge in [-0.05, 0) is 30.2 Å². The lowest BCUT2D eigenvalue weighted by molar-refractivity contribution is 0.102. The minimum atomic E-state index is -3.78. The Bertz CT molecular complexity index is 1230. The lowest BCUT2D eigenvalue weighted by Crippen LogP contribution is -2.21. The normalized spacial score (nSPS) is 11.6. The lowest BCUT2D eigenvalue weighted by Gasteiger charge is -2.15. The maximum absolute atomic E-state index is 15.0. The highest BCUT2D eigenvalue weighted by Gasteiger charge is 2.21. The topological polar surface area (TPSA) is 127 Å². The number of halogens is 2. The molecule has 11 heteroatoms. The van der Waals surface area contributed by atoms with Crippen LogP contribution >= 0.6 is 11.6 Å². The first-order valence-corrected chi connectivity index (χ1v) is 10.9. The Balaban J connectivity index is 1.96. The van der Waals surface area contributed by atoms with E-state index in [2.05, 4.69) is 20.0 Å². The first-order valence-electron chi connectivity index (χ1n) is 8.88. The summed E-state index contributed by atoms with van der Waals surface area (Å²) in [6.45, 7) is 3.45. The van der Waals surface area contributed by atoms with Gasteiger partial charge in [-0.2, -0.15) is 0 Å². The Hall–Kier alpha value is -2.98. The van der Waals surface area contributed by atoms with E-state index in [1.165, 1.54) is 24.5 Å². The molecule has 2 aromatic carbocycles. The number of nitrogen functional groups attached to an aromatic ring is 1. The molecule has 0 aliphatic rings. The molecular formula is C19H19ClFN5O3S. The molecule has 1 amide bonds. The molecule has 3 aromatic rings. The molecule has 30 heavy (non-hydrogen) atoms. The van der Waals surface area contributed by atoms with E-state index in [9.17, 15) is 17.6 Å². The Labute approximate surface area is 177 Å². The van der Waals surface area contributed by atoms with Gasteiger partial charge in [0.25, 0.3) is 5.91 Å². The first-order chi connectivity index (χ1) is 14.1. The van der Waals surface area contributed by atoms with Crippen molar-refractivity contribution < 1.29 is 17.6 Å². The van der Waals surface area contributed by atoms with Crippen LogP contribution in [0, 0.1) is 11.7 Å². The van der Waals surface area contributed by atoms with Gasteiger partial charge in [0.1, 0.15) is 12.1 Å². The summed E-state index contributed by atoms with van der Waals surface area (Å²) in [6, 6.07) is 7.21. The molecule has 0 fully saturated rings. The molecule has 0 unspecified atom stereocenters. The number of carbonyl (C=O) groups excluding carboxylic acids is 1. The van der Waals surface area contributed by atoms with Crippen molar-refractivity contribution in [2.75, 3.05) is 21.5 Å². The second-order valence-electron chi connectivity index (χ2n) is 6.98. The molecule has 0 saturated carbocycles. The summed E-state index contributed by atoms with van der Waals surface area (Å²) in [7, 11) is -3.78. The Morgan fingerprint density at radius 1 is 1.23 bits per heavy atom. The van der Waals surface area contributed by atoms with Crippen LogP contribution in [0.2, 0.25) is 5.02 Å². The van der Waals surface area contributed by atoms with E-state index in [1.54, 1.807) is 26.0 Å². The van der Waals surface area contributed by atoms with Crippen LogP contribution in [0.1, 0.15) is 24.2 Å². The molecule has 0 aliphatic heterocycles. The first kappa shape index (κ1) is 21.7. The standard InChI is InChI=1S/C19H19ClFN5O3S/c1-10(2)8-30(28,29)26-14-7-6-13(20)17(15(14)21)25-19(27)12-5-3-4-11-16(12)23-9-24-18(11)22/h3-7,9-10,26H,8H2,1-2H3,(H,25,27)(H2,22,23,24). The number of benzene rings is 2. The Kier molecular flexibility index (Phi) is 6.09. The van der Waals surface area contributed by atoms with Crippen molar-refractivity contribution in [1.82, 2.24) is 9.97 Å². The Morgan fingerprint density at radius 3 is 2.67 bits per heavy atom. The van der Waals surface area contributed by atoms with Crippen LogP contribution in [0.5, 0.6) is 0 Å². The zero-order chi connectivity index (χ0) is 22.1. The van der Waals surface area contributed by atoms with Gasteiger partial charge < -0.3 is 11.1 Å². The number of rotatable bonds is 6. The van der Waals surface area contributed by atoms with Crippen molar-refractivity contribution in [2.45, 2.75) is 13.8 Å². The highest BCUT2D eigenvalue weighted by molar-refractivity contribution is 7.92. The van der Waals surface area contributed by atoms with E-state index in [1.807, 2.05) is 0 Å². The third kappa shape index (κ3) is 4.60. The second kappa shape index (κ2) is 8.41. The van der Waals surface area contributed by atoms with E-state index >= 15 is 0 Å². The second-order valence-corrected chi connectivity index (χ2v) is 9.15. The van der Waals surface area contributed by atoms with Crippen molar-refractivity contribution in [3.8, 4) is 0 Å². The van der Waals surface area contributed by atoms with Crippen LogP contribution in [0.15, 0.2) is 36.7 Å². The van der Waals surface area contributed by atoms with Gasteiger partial charge in [-0.3, -0.25) is 9.52 Å². The average molecular weight is 452 g/mol. The fraction of sp³-hybridized carbons (Fsp3) is 0.211. The molecule has 0 radical (unpaired) electrons. The number of nitrogens with zero attached hydrogens (tertiary/aromatic N) is 2. The summed E-state index contributed by atoms with van der Waals surface area (Å²) >= 11 is 6.05. The van der Waals surface area contributed by atoms with Gasteiger partial charge in [0.15, 0.2) is 5.82 Å². The number of hydrogen-bond acceptors (Lipinski definition) is 6. The average Bonchev–Trinajstić information content (AvgIpc) is 2.66. The minimum Gasteiger partial charge on any atom is -0.383 e. The van der Waals surface area contributed by atoms with Gasteiger partial charge in [0, 0.05) is 5.39 Å². The monoisotopic (exact) mass is 451 g/mol. The number of hydrogen-bond donors (Lipinski definition) is 3. The molecule has 4 N–H and O–H groups in total. The van der Waals surface area contributed by atoms with Crippen molar-refractivity contribution in [3.63, 3.8) is 0 Å². The van der Waals surface area contributed by atoms with E-state index in [4.69, 9.17) is 17.3 Å². The number of amides is 1. The maximum atomic E-state index is 15.0. The van der Waals surface area contributed by atoms with Gasteiger partial charge >= 0.3 is 0 Å². The largest absolute Gasteiger partial charge is 0.383 e. The maximum Gasteiger partial charge on any atom is 0.257 e. The number of anilines is 3. The van der Waals surface area contributed by atoms with Gasteiger partial charge in [-0.15, -0.1) is 0 Å². The van der Waals surface area contributed by atoms with Crippen molar-refractivity contribution in [1.29, 1.82) is 0 Å². The highest BCUT2D eigenvalue weighted by atomic mass is 35.5. The summed E-state index contributed by atoms with van der Waals surface area (Å²) in [4.78, 5) is 20.8. The number of para-hydroxylation sites is 1. The molecule has 0 spiro atoms. The summed E-state index contributed by atoms with van der Waals surface area (Å²) in [5.74, 6) is -1.84. The molecule has 158 valence electrons. The number of nitrogens with two attached hydrogens (primary N) is 1. The molecule has 1 aromatic heterocycles. The minimum absolute atomic E-state index is 0.0953. The summed E-state index contributed by atoms with van der Waals surface area (Å²) in [6.07, 6.45) is 1.21. The van der Waals surface area contributed by atoms with Crippen molar-refractivity contribution in [3.05, 3.63) is 53.1 Å². The van der Waals surface area contributed by atoms with Crippen LogP contribution in [-0.4, -0.2) is 30.0 Å². The molecule has 0 bridgehead atoms. The van der Waals surface area contributed by atoms with Gasteiger partial charge in [0.05, 0.1) is 33.2 Å². The number of fused-ring (bicyclic) bond motifs is 1.